The quantitative estimate of drug-likeness (QED) is 0.371. The van der Waals surface area contributed by atoms with Crippen LogP contribution in [-0.4, -0.2) is 62.8 Å². The second kappa shape index (κ2) is 12.3. The number of carbonyl (C=O) groups excluding carboxylic acids is 2. The van der Waals surface area contributed by atoms with Crippen molar-refractivity contribution < 1.29 is 28.5 Å². The highest BCUT2D eigenvalue weighted by atomic mass is 79.9. The third-order valence-corrected chi connectivity index (χ3v) is 8.16. The molecule has 10 nitrogen and oxygen atoms in total. The van der Waals surface area contributed by atoms with Gasteiger partial charge >= 0.3 is 0 Å². The van der Waals surface area contributed by atoms with Crippen LogP contribution in [0.2, 0.25) is 0 Å². The Morgan fingerprint density at radius 1 is 0.905 bits per heavy atom. The van der Waals surface area contributed by atoms with Gasteiger partial charge in [-0.05, 0) is 54.8 Å². The first-order valence-electron chi connectivity index (χ1n) is 13.4. The van der Waals surface area contributed by atoms with Crippen LogP contribution in [0.4, 0.5) is 0 Å². The van der Waals surface area contributed by atoms with Crippen molar-refractivity contribution in [2.24, 2.45) is 5.92 Å². The number of rotatable bonds is 8. The SMILES string of the molecule is COc1ccc(Br)cc1/C=C(\NC(=O)c1cc(OC)c(OC)c(OC)c1)C(=O)N1C[C@H]2C[C@H](C1)c1cccc(=O)n1C2. The molecule has 0 aliphatic carbocycles. The average Bonchev–Trinajstić information content (AvgIpc) is 3.00. The number of carbonyl (C=O) groups is 2. The largest absolute Gasteiger partial charge is 0.496 e. The summed E-state index contributed by atoms with van der Waals surface area (Å²) in [6.45, 7) is 1.43. The van der Waals surface area contributed by atoms with Crippen LogP contribution in [0, 0.1) is 5.92 Å². The number of likely N-dealkylation sites (tertiary alicyclic amines) is 1. The second-order valence-corrected chi connectivity index (χ2v) is 11.1. The van der Waals surface area contributed by atoms with Gasteiger partial charge in [0, 0.05) is 52.9 Å². The first kappa shape index (κ1) is 29.2. The van der Waals surface area contributed by atoms with Crippen LogP contribution < -0.4 is 29.8 Å². The van der Waals surface area contributed by atoms with Gasteiger partial charge in [0.2, 0.25) is 5.75 Å². The second-order valence-electron chi connectivity index (χ2n) is 10.2. The minimum Gasteiger partial charge on any atom is -0.496 e. The van der Waals surface area contributed by atoms with Gasteiger partial charge < -0.3 is 33.7 Å². The molecular weight excluding hydrogens is 606 g/mol. The van der Waals surface area contributed by atoms with E-state index in [9.17, 15) is 14.4 Å². The van der Waals surface area contributed by atoms with Crippen molar-refractivity contribution in [2.45, 2.75) is 18.9 Å². The highest BCUT2D eigenvalue weighted by Gasteiger charge is 2.37. The van der Waals surface area contributed by atoms with Crippen LogP contribution in [-0.2, 0) is 11.3 Å². The lowest BCUT2D eigenvalue weighted by Gasteiger charge is -2.43. The van der Waals surface area contributed by atoms with E-state index in [0.717, 1.165) is 16.6 Å². The summed E-state index contributed by atoms with van der Waals surface area (Å²) in [6, 6.07) is 13.8. The minimum absolute atomic E-state index is 0.0165. The van der Waals surface area contributed by atoms with Crippen LogP contribution in [0.25, 0.3) is 6.08 Å². The van der Waals surface area contributed by atoms with Crippen LogP contribution in [0.15, 0.2) is 63.5 Å². The molecule has 2 aliphatic rings. The van der Waals surface area contributed by atoms with Crippen LogP contribution >= 0.6 is 15.9 Å². The molecule has 3 heterocycles. The summed E-state index contributed by atoms with van der Waals surface area (Å²) in [5.41, 5.74) is 1.80. The van der Waals surface area contributed by atoms with E-state index >= 15 is 0 Å². The predicted molar refractivity (Wildman–Crippen MR) is 160 cm³/mol. The zero-order valence-electron chi connectivity index (χ0n) is 23.8. The Balaban J connectivity index is 1.51. The number of methoxy groups -OCH3 is 4. The molecule has 0 spiro atoms. The van der Waals surface area contributed by atoms with Crippen molar-refractivity contribution in [1.29, 1.82) is 0 Å². The molecule has 2 amide bonds. The number of pyridine rings is 1. The molecule has 1 aromatic heterocycles. The van der Waals surface area contributed by atoms with Crippen LogP contribution in [0.1, 0.15) is 34.0 Å². The Bertz CT molecular complexity index is 1590. The molecule has 0 radical (unpaired) electrons. The lowest BCUT2D eigenvalue weighted by atomic mass is 9.83. The summed E-state index contributed by atoms with van der Waals surface area (Å²) in [4.78, 5) is 42.0. The Hall–Kier alpha value is -4.25. The van der Waals surface area contributed by atoms with Gasteiger partial charge in [-0.25, -0.2) is 0 Å². The highest BCUT2D eigenvalue weighted by Crippen LogP contribution is 2.39. The number of hydrogen-bond donors (Lipinski definition) is 1. The zero-order chi connectivity index (χ0) is 30.0. The number of fused-ring (bicyclic) bond motifs is 4. The lowest BCUT2D eigenvalue weighted by molar-refractivity contribution is -0.130. The third-order valence-electron chi connectivity index (χ3n) is 7.66. The van der Waals surface area contributed by atoms with E-state index in [2.05, 4.69) is 21.2 Å². The fourth-order valence-electron chi connectivity index (χ4n) is 5.76. The zero-order valence-corrected chi connectivity index (χ0v) is 25.4. The number of halogens is 1. The smallest absolute Gasteiger partial charge is 0.270 e. The summed E-state index contributed by atoms with van der Waals surface area (Å²) in [5.74, 6) is 0.776. The van der Waals surface area contributed by atoms with Crippen molar-refractivity contribution in [1.82, 2.24) is 14.8 Å². The maximum atomic E-state index is 14.2. The van der Waals surface area contributed by atoms with Crippen molar-refractivity contribution in [3.63, 3.8) is 0 Å². The summed E-state index contributed by atoms with van der Waals surface area (Å²) in [5, 5.41) is 2.84. The number of amides is 2. The molecule has 1 N–H and O–H groups in total. The molecule has 2 aliphatic heterocycles. The lowest BCUT2D eigenvalue weighted by Crippen LogP contribution is -2.50. The van der Waals surface area contributed by atoms with E-state index in [1.54, 1.807) is 36.3 Å². The number of nitrogens with one attached hydrogen (secondary N) is 1. The van der Waals surface area contributed by atoms with Crippen molar-refractivity contribution in [3.8, 4) is 23.0 Å². The van der Waals surface area contributed by atoms with Crippen LogP contribution in [0.3, 0.4) is 0 Å². The van der Waals surface area contributed by atoms with Gasteiger partial charge in [0.25, 0.3) is 17.4 Å². The van der Waals surface area contributed by atoms with Gasteiger partial charge in [0.1, 0.15) is 11.4 Å². The van der Waals surface area contributed by atoms with Gasteiger partial charge in [-0.2, -0.15) is 0 Å². The normalized spacial score (nSPS) is 17.6. The first-order valence-corrected chi connectivity index (χ1v) is 14.2. The van der Waals surface area contributed by atoms with Crippen molar-refractivity contribution in [2.75, 3.05) is 41.5 Å². The Morgan fingerprint density at radius 3 is 2.29 bits per heavy atom. The van der Waals surface area contributed by atoms with E-state index in [1.807, 2.05) is 22.8 Å². The number of piperidine rings is 1. The van der Waals surface area contributed by atoms with E-state index < -0.39 is 5.91 Å². The number of benzene rings is 2. The molecule has 2 atom stereocenters. The van der Waals surface area contributed by atoms with Crippen molar-refractivity contribution in [3.05, 3.63) is 85.9 Å². The molecule has 2 bridgehead atoms. The topological polar surface area (TPSA) is 108 Å². The van der Waals surface area contributed by atoms with Gasteiger partial charge in [0.15, 0.2) is 11.5 Å². The van der Waals surface area contributed by atoms with Gasteiger partial charge in [-0.3, -0.25) is 14.4 Å². The summed E-state index contributed by atoms with van der Waals surface area (Å²) >= 11 is 3.48. The molecule has 5 rings (SSSR count). The fourth-order valence-corrected chi connectivity index (χ4v) is 6.14. The van der Waals surface area contributed by atoms with Crippen molar-refractivity contribution >= 4 is 33.8 Å². The van der Waals surface area contributed by atoms with E-state index in [4.69, 9.17) is 18.9 Å². The minimum atomic E-state index is -0.531. The molecule has 0 saturated carbocycles. The number of ether oxygens (including phenoxy) is 4. The highest BCUT2D eigenvalue weighted by molar-refractivity contribution is 9.10. The molecule has 220 valence electrons. The Labute approximate surface area is 251 Å². The summed E-state index contributed by atoms with van der Waals surface area (Å²) in [7, 11) is 5.95. The third kappa shape index (κ3) is 5.74. The molecule has 3 aromatic rings. The van der Waals surface area contributed by atoms with Gasteiger partial charge in [-0.15, -0.1) is 0 Å². The summed E-state index contributed by atoms with van der Waals surface area (Å²) in [6.07, 6.45) is 2.51. The monoisotopic (exact) mass is 637 g/mol. The maximum Gasteiger partial charge on any atom is 0.270 e. The fraction of sp³-hybridized carbons (Fsp3) is 0.323. The molecular formula is C31H32BrN3O7. The molecule has 1 saturated heterocycles. The predicted octanol–water partition coefficient (Wildman–Crippen LogP) is 4.06. The number of hydrogen-bond acceptors (Lipinski definition) is 7. The standard InChI is InChI=1S/C31H32BrN3O7/c1-39-25-9-8-22(32)11-19(25)12-23(33-30(37)20-13-26(40-2)29(42-4)27(14-20)41-3)31(38)34-15-18-10-21(17-34)24-6-5-7-28(36)35(24)16-18/h5-9,11-14,18,21H,10,15-17H2,1-4H3,(H,33,37)/b23-12-/t18-,21-/m1/s1. The van der Waals surface area contributed by atoms with E-state index in [-0.39, 0.29) is 34.6 Å². The molecule has 0 unspecified atom stereocenters. The molecule has 42 heavy (non-hydrogen) atoms. The first-order chi connectivity index (χ1) is 20.3. The molecule has 11 heteroatoms. The number of aromatic nitrogens is 1. The average molecular weight is 639 g/mol. The molecule has 2 aromatic carbocycles. The maximum absolute atomic E-state index is 14.2. The number of nitrogens with zero attached hydrogens (tertiary/aromatic N) is 2. The Morgan fingerprint density at radius 2 is 1.62 bits per heavy atom. The van der Waals surface area contributed by atoms with Crippen LogP contribution in [0.5, 0.6) is 23.0 Å². The Kier molecular flexibility index (Phi) is 8.58. The van der Waals surface area contributed by atoms with Gasteiger partial charge in [-0.1, -0.05) is 22.0 Å². The summed E-state index contributed by atoms with van der Waals surface area (Å²) < 4.78 is 24.3. The van der Waals surface area contributed by atoms with Gasteiger partial charge in [0.05, 0.1) is 28.4 Å². The van der Waals surface area contributed by atoms with E-state index in [1.165, 1.54) is 33.5 Å². The molecule has 1 fully saturated rings. The van der Waals surface area contributed by atoms with E-state index in [0.29, 0.717) is 48.2 Å².